The second kappa shape index (κ2) is 6.17. The lowest BCUT2D eigenvalue weighted by Crippen LogP contribution is -2.20. The molecule has 0 N–H and O–H groups in total. The first-order valence-electron chi connectivity index (χ1n) is 6.98. The fraction of sp³-hybridized carbons (Fsp3) is 0.588. The molecule has 18 heavy (non-hydrogen) atoms. The van der Waals surface area contributed by atoms with Crippen molar-refractivity contribution in [3.05, 3.63) is 34.9 Å². The second-order valence-electron chi connectivity index (χ2n) is 5.78. The van der Waals surface area contributed by atoms with Crippen molar-refractivity contribution in [3.63, 3.8) is 0 Å². The van der Waals surface area contributed by atoms with Crippen LogP contribution >= 0.6 is 0 Å². The van der Waals surface area contributed by atoms with Gasteiger partial charge in [-0.2, -0.15) is 0 Å². The van der Waals surface area contributed by atoms with Gasteiger partial charge in [-0.1, -0.05) is 51.8 Å². The molecule has 0 saturated carbocycles. The molecule has 1 rings (SSSR count). The molecule has 1 aromatic carbocycles. The molecule has 0 aliphatic carbocycles. The molecule has 1 aromatic rings. The van der Waals surface area contributed by atoms with Crippen molar-refractivity contribution in [1.29, 1.82) is 0 Å². The molecule has 0 aliphatic rings. The van der Waals surface area contributed by atoms with E-state index in [2.05, 4.69) is 52.8 Å². The normalized spacial score (nSPS) is 11.6. The van der Waals surface area contributed by atoms with Gasteiger partial charge in [0.05, 0.1) is 0 Å². The van der Waals surface area contributed by atoms with E-state index in [-0.39, 0.29) is 5.41 Å². The van der Waals surface area contributed by atoms with E-state index < -0.39 is 0 Å². The summed E-state index contributed by atoms with van der Waals surface area (Å²) in [6, 6.07) is 6.24. The molecule has 100 valence electrons. The van der Waals surface area contributed by atoms with Crippen molar-refractivity contribution in [2.45, 2.75) is 60.3 Å². The number of carbonyl (C=O) groups excluding carboxylic acids is 1. The van der Waals surface area contributed by atoms with Crippen molar-refractivity contribution in [1.82, 2.24) is 0 Å². The summed E-state index contributed by atoms with van der Waals surface area (Å²) in [5.41, 5.74) is 3.86. The smallest absolute Gasteiger partial charge is 0.137 e. The van der Waals surface area contributed by atoms with Crippen LogP contribution in [0, 0.1) is 19.3 Å². The van der Waals surface area contributed by atoms with Crippen LogP contribution in [0.3, 0.4) is 0 Å². The van der Waals surface area contributed by atoms with Gasteiger partial charge in [-0.15, -0.1) is 0 Å². The maximum Gasteiger partial charge on any atom is 0.137 e. The van der Waals surface area contributed by atoms with Gasteiger partial charge in [0.1, 0.15) is 5.78 Å². The largest absolute Gasteiger partial charge is 0.299 e. The predicted molar refractivity (Wildman–Crippen MR) is 77.9 cm³/mol. The molecule has 1 heteroatoms. The molecular weight excluding hydrogens is 220 g/mol. The van der Waals surface area contributed by atoms with Crippen molar-refractivity contribution < 1.29 is 4.79 Å². The Labute approximate surface area is 112 Å². The third kappa shape index (κ3) is 3.69. The highest BCUT2D eigenvalue weighted by atomic mass is 16.1. The number of hydrogen-bond acceptors (Lipinski definition) is 1. The number of rotatable bonds is 6. The first-order chi connectivity index (χ1) is 8.41. The molecule has 0 aliphatic heterocycles. The zero-order valence-corrected chi connectivity index (χ0v) is 12.5. The molecule has 0 saturated heterocycles. The van der Waals surface area contributed by atoms with Crippen LogP contribution in [-0.2, 0) is 11.2 Å². The fourth-order valence-electron chi connectivity index (χ4n) is 2.36. The third-order valence-corrected chi connectivity index (χ3v) is 4.35. The average molecular weight is 246 g/mol. The number of ketones is 1. The van der Waals surface area contributed by atoms with Crippen molar-refractivity contribution in [2.24, 2.45) is 5.41 Å². The lowest BCUT2D eigenvalue weighted by atomic mass is 9.79. The van der Waals surface area contributed by atoms with Gasteiger partial charge >= 0.3 is 0 Å². The number of carbonyl (C=O) groups is 1. The Morgan fingerprint density at radius 2 is 1.61 bits per heavy atom. The summed E-state index contributed by atoms with van der Waals surface area (Å²) in [7, 11) is 0. The number of benzene rings is 1. The highest BCUT2D eigenvalue weighted by Crippen LogP contribution is 2.30. The van der Waals surface area contributed by atoms with Crippen LogP contribution in [0.25, 0.3) is 0 Å². The van der Waals surface area contributed by atoms with Gasteiger partial charge in [0.25, 0.3) is 0 Å². The van der Waals surface area contributed by atoms with E-state index in [0.29, 0.717) is 18.6 Å². The van der Waals surface area contributed by atoms with Crippen molar-refractivity contribution >= 4 is 5.78 Å². The van der Waals surface area contributed by atoms with Gasteiger partial charge in [-0.25, -0.2) is 0 Å². The average Bonchev–Trinajstić information content (AvgIpc) is 2.34. The Bertz CT molecular complexity index is 393. The molecule has 0 radical (unpaired) electrons. The van der Waals surface area contributed by atoms with E-state index in [9.17, 15) is 4.79 Å². The fourth-order valence-corrected chi connectivity index (χ4v) is 2.36. The summed E-state index contributed by atoms with van der Waals surface area (Å²) < 4.78 is 0. The molecular formula is C17H26O. The Morgan fingerprint density at radius 1 is 1.11 bits per heavy atom. The van der Waals surface area contributed by atoms with E-state index in [1.54, 1.807) is 0 Å². The van der Waals surface area contributed by atoms with Crippen LogP contribution in [0.15, 0.2) is 18.2 Å². The first-order valence-corrected chi connectivity index (χ1v) is 6.98. The van der Waals surface area contributed by atoms with E-state index in [1.165, 1.54) is 16.7 Å². The van der Waals surface area contributed by atoms with Crippen LogP contribution in [0.4, 0.5) is 0 Å². The highest BCUT2D eigenvalue weighted by molar-refractivity contribution is 5.82. The third-order valence-electron chi connectivity index (χ3n) is 4.35. The first kappa shape index (κ1) is 14.9. The molecule has 0 spiro atoms. The summed E-state index contributed by atoms with van der Waals surface area (Å²) in [6.45, 7) is 10.8. The Hall–Kier alpha value is -1.11. The summed E-state index contributed by atoms with van der Waals surface area (Å²) in [4.78, 5) is 12.3. The summed E-state index contributed by atoms with van der Waals surface area (Å²) >= 11 is 0. The second-order valence-corrected chi connectivity index (χ2v) is 5.78. The SMILES string of the molecule is CCC(C)(CC)CC(=O)Cc1c(C)cccc1C. The van der Waals surface area contributed by atoms with Crippen LogP contribution in [-0.4, -0.2) is 5.78 Å². The van der Waals surface area contributed by atoms with E-state index in [4.69, 9.17) is 0 Å². The number of aryl methyl sites for hydroxylation is 2. The van der Waals surface area contributed by atoms with E-state index >= 15 is 0 Å². The number of hydrogen-bond donors (Lipinski definition) is 0. The quantitative estimate of drug-likeness (QED) is 0.715. The van der Waals surface area contributed by atoms with E-state index in [1.807, 2.05) is 0 Å². The van der Waals surface area contributed by atoms with Crippen LogP contribution in [0.5, 0.6) is 0 Å². The summed E-state index contributed by atoms with van der Waals surface area (Å²) in [5.74, 6) is 0.374. The Morgan fingerprint density at radius 3 is 2.06 bits per heavy atom. The monoisotopic (exact) mass is 246 g/mol. The minimum atomic E-state index is 0.174. The zero-order chi connectivity index (χ0) is 13.8. The van der Waals surface area contributed by atoms with Gasteiger partial charge in [0.15, 0.2) is 0 Å². The van der Waals surface area contributed by atoms with Crippen LogP contribution in [0.1, 0.15) is 56.7 Å². The molecule has 0 heterocycles. The number of Topliss-reactive ketones (excluding diaryl/α,β-unsaturated/α-hetero) is 1. The van der Waals surface area contributed by atoms with Crippen molar-refractivity contribution in [2.75, 3.05) is 0 Å². The molecule has 0 fully saturated rings. The van der Waals surface area contributed by atoms with Gasteiger partial charge in [-0.3, -0.25) is 4.79 Å². The summed E-state index contributed by atoms with van der Waals surface area (Å²) in [5, 5.41) is 0. The van der Waals surface area contributed by atoms with Gasteiger partial charge < -0.3 is 0 Å². The van der Waals surface area contributed by atoms with Gasteiger partial charge in [0, 0.05) is 12.8 Å². The molecule has 0 atom stereocenters. The minimum absolute atomic E-state index is 0.174. The van der Waals surface area contributed by atoms with Gasteiger partial charge in [-0.05, 0) is 36.0 Å². The maximum atomic E-state index is 12.3. The molecule has 0 unspecified atom stereocenters. The summed E-state index contributed by atoms with van der Waals surface area (Å²) in [6.07, 6.45) is 3.44. The Kier molecular flexibility index (Phi) is 5.13. The van der Waals surface area contributed by atoms with E-state index in [0.717, 1.165) is 12.8 Å². The molecule has 1 nitrogen and oxygen atoms in total. The molecule has 0 amide bonds. The zero-order valence-electron chi connectivity index (χ0n) is 12.5. The van der Waals surface area contributed by atoms with Crippen molar-refractivity contribution in [3.8, 4) is 0 Å². The predicted octanol–water partition coefficient (Wildman–Crippen LogP) is 4.63. The molecule has 0 aromatic heterocycles. The van der Waals surface area contributed by atoms with Crippen LogP contribution < -0.4 is 0 Å². The lowest BCUT2D eigenvalue weighted by Gasteiger charge is -2.25. The topological polar surface area (TPSA) is 17.1 Å². The maximum absolute atomic E-state index is 12.3. The highest BCUT2D eigenvalue weighted by Gasteiger charge is 2.23. The van der Waals surface area contributed by atoms with Gasteiger partial charge in [0.2, 0.25) is 0 Å². The minimum Gasteiger partial charge on any atom is -0.299 e. The van der Waals surface area contributed by atoms with Crippen LogP contribution in [0.2, 0.25) is 0 Å². The Balaban J connectivity index is 2.77. The lowest BCUT2D eigenvalue weighted by molar-refractivity contribution is -0.120. The molecule has 0 bridgehead atoms. The standard InChI is InChI=1S/C17H26O/c1-6-17(5,7-2)12-15(18)11-16-13(3)9-8-10-14(16)4/h8-10H,6-7,11-12H2,1-5H3.